The van der Waals surface area contributed by atoms with Crippen molar-refractivity contribution in [3.05, 3.63) is 29.6 Å². The number of nitrogens with one attached hydrogen (secondary N) is 1. The summed E-state index contributed by atoms with van der Waals surface area (Å²) in [7, 11) is 0. The molecule has 1 aromatic rings. The van der Waals surface area contributed by atoms with E-state index in [1.165, 1.54) is 6.08 Å². The van der Waals surface area contributed by atoms with Crippen LogP contribution in [0.4, 0.5) is 0 Å². The van der Waals surface area contributed by atoms with Crippen LogP contribution in [0.5, 0.6) is 0 Å². The van der Waals surface area contributed by atoms with E-state index in [1.807, 2.05) is 0 Å². The highest BCUT2D eigenvalue weighted by Crippen LogP contribution is 2.10. The van der Waals surface area contributed by atoms with E-state index >= 15 is 0 Å². The van der Waals surface area contributed by atoms with Crippen LogP contribution in [0.25, 0.3) is 6.08 Å². The van der Waals surface area contributed by atoms with E-state index < -0.39 is 11.9 Å². The molecule has 2 N–H and O–H groups in total. The monoisotopic (exact) mass is 223 g/mol. The van der Waals surface area contributed by atoms with Crippen molar-refractivity contribution in [2.24, 2.45) is 0 Å². The number of carboxylic acid groups (broad SMARTS) is 1. The van der Waals surface area contributed by atoms with Crippen molar-refractivity contribution in [1.29, 1.82) is 0 Å². The van der Waals surface area contributed by atoms with Gasteiger partial charge in [0.15, 0.2) is 0 Å². The van der Waals surface area contributed by atoms with E-state index in [1.54, 1.807) is 25.3 Å². The Morgan fingerprint density at radius 2 is 2.31 bits per heavy atom. The first-order valence-corrected chi connectivity index (χ1v) is 4.86. The van der Waals surface area contributed by atoms with Gasteiger partial charge in [0.1, 0.15) is 0 Å². The van der Waals surface area contributed by atoms with Gasteiger partial charge in [0.25, 0.3) is 0 Å². The van der Waals surface area contributed by atoms with E-state index in [0.29, 0.717) is 5.69 Å². The molecule has 5 heteroatoms. The van der Waals surface area contributed by atoms with E-state index in [0.717, 1.165) is 0 Å². The minimum absolute atomic E-state index is 0.122. The number of ether oxygens (including phenoxy) is 1. The fraction of sp³-hybridized carbons (Fsp3) is 0.273. The number of carboxylic acids is 1. The lowest BCUT2D eigenvalue weighted by molar-refractivity contribution is -0.142. The zero-order valence-electron chi connectivity index (χ0n) is 8.90. The Kier molecular flexibility index (Phi) is 4.32. The lowest BCUT2D eigenvalue weighted by Crippen LogP contribution is -2.11. The van der Waals surface area contributed by atoms with Crippen LogP contribution in [-0.2, 0) is 14.3 Å². The molecule has 16 heavy (non-hydrogen) atoms. The number of carbonyl (C=O) groups is 2. The molecule has 0 aliphatic rings. The molecule has 0 bridgehead atoms. The Balaban J connectivity index is 2.86. The van der Waals surface area contributed by atoms with E-state index in [-0.39, 0.29) is 18.6 Å². The molecule has 0 aromatic carbocycles. The number of aromatic nitrogens is 1. The second kappa shape index (κ2) is 5.75. The third-order valence-electron chi connectivity index (χ3n) is 1.83. The molecule has 1 heterocycles. The number of rotatable bonds is 5. The van der Waals surface area contributed by atoms with Crippen molar-refractivity contribution in [2.45, 2.75) is 13.3 Å². The topological polar surface area (TPSA) is 79.4 Å². The molecule has 0 spiro atoms. The van der Waals surface area contributed by atoms with Gasteiger partial charge in [-0.25, -0.2) is 4.79 Å². The Hall–Kier alpha value is -2.04. The van der Waals surface area contributed by atoms with Crippen LogP contribution in [-0.4, -0.2) is 28.6 Å². The summed E-state index contributed by atoms with van der Waals surface area (Å²) in [6.07, 6.45) is 2.82. The summed E-state index contributed by atoms with van der Waals surface area (Å²) in [6.45, 7) is 1.89. The largest absolute Gasteiger partial charge is 0.481 e. The van der Waals surface area contributed by atoms with Gasteiger partial charge in [-0.3, -0.25) is 4.79 Å². The van der Waals surface area contributed by atoms with Gasteiger partial charge in [-0.15, -0.1) is 0 Å². The van der Waals surface area contributed by atoms with Crippen LogP contribution in [0.2, 0.25) is 0 Å². The van der Waals surface area contributed by atoms with Gasteiger partial charge in [-0.1, -0.05) is 0 Å². The lowest BCUT2D eigenvalue weighted by atomic mass is 10.1. The van der Waals surface area contributed by atoms with Gasteiger partial charge in [-0.05, 0) is 25.1 Å². The maximum atomic E-state index is 11.4. The predicted molar refractivity (Wildman–Crippen MR) is 57.7 cm³/mol. The van der Waals surface area contributed by atoms with Gasteiger partial charge in [0.05, 0.1) is 18.6 Å². The molecule has 0 unspecified atom stereocenters. The minimum atomic E-state index is -1.06. The van der Waals surface area contributed by atoms with Gasteiger partial charge in [0.2, 0.25) is 0 Å². The van der Waals surface area contributed by atoms with Gasteiger partial charge < -0.3 is 14.8 Å². The van der Waals surface area contributed by atoms with E-state index in [2.05, 4.69) is 4.98 Å². The molecule has 0 saturated heterocycles. The lowest BCUT2D eigenvalue weighted by Gasteiger charge is -2.03. The number of aromatic amines is 1. The molecule has 0 aliphatic carbocycles. The Morgan fingerprint density at radius 3 is 2.81 bits per heavy atom. The third kappa shape index (κ3) is 3.61. The van der Waals surface area contributed by atoms with Crippen molar-refractivity contribution in [1.82, 2.24) is 4.98 Å². The maximum absolute atomic E-state index is 11.4. The van der Waals surface area contributed by atoms with Crippen LogP contribution in [0.15, 0.2) is 23.9 Å². The molecule has 0 aliphatic heterocycles. The molecular weight excluding hydrogens is 210 g/mol. The standard InChI is InChI=1S/C11H13NO4/c1-2-16-11(15)8(7-10(13)14)6-9-4-3-5-12-9/h3-6,12H,2,7H2,1H3,(H,13,14)/b8-6-. The number of hydrogen-bond acceptors (Lipinski definition) is 3. The number of carbonyl (C=O) groups excluding carboxylic acids is 1. The average molecular weight is 223 g/mol. The summed E-state index contributed by atoms with van der Waals surface area (Å²) >= 11 is 0. The summed E-state index contributed by atoms with van der Waals surface area (Å²) in [6, 6.07) is 3.50. The van der Waals surface area contributed by atoms with E-state index in [9.17, 15) is 9.59 Å². The highest BCUT2D eigenvalue weighted by Gasteiger charge is 2.14. The Morgan fingerprint density at radius 1 is 1.56 bits per heavy atom. The van der Waals surface area contributed by atoms with Crippen LogP contribution in [0.1, 0.15) is 19.0 Å². The highest BCUT2D eigenvalue weighted by molar-refractivity contribution is 5.97. The van der Waals surface area contributed by atoms with Crippen LogP contribution >= 0.6 is 0 Å². The van der Waals surface area contributed by atoms with E-state index in [4.69, 9.17) is 9.84 Å². The first-order valence-electron chi connectivity index (χ1n) is 4.86. The fourth-order valence-corrected chi connectivity index (χ4v) is 1.19. The smallest absolute Gasteiger partial charge is 0.334 e. The number of esters is 1. The molecule has 0 atom stereocenters. The summed E-state index contributed by atoms with van der Waals surface area (Å²) in [4.78, 5) is 24.9. The quantitative estimate of drug-likeness (QED) is 0.584. The van der Waals surface area contributed by atoms with Crippen LogP contribution in [0.3, 0.4) is 0 Å². The minimum Gasteiger partial charge on any atom is -0.481 e. The van der Waals surface area contributed by atoms with Crippen molar-refractivity contribution < 1.29 is 19.4 Å². The zero-order valence-corrected chi connectivity index (χ0v) is 8.90. The molecule has 86 valence electrons. The Bertz CT molecular complexity index is 392. The predicted octanol–water partition coefficient (Wildman–Crippen LogP) is 1.44. The Labute approximate surface area is 92.7 Å². The highest BCUT2D eigenvalue weighted by atomic mass is 16.5. The molecule has 1 aromatic heterocycles. The molecule has 0 fully saturated rings. The summed E-state index contributed by atoms with van der Waals surface area (Å²) in [5.74, 6) is -1.66. The molecule has 0 radical (unpaired) electrons. The summed E-state index contributed by atoms with van der Waals surface area (Å²) < 4.78 is 4.77. The van der Waals surface area contributed by atoms with Gasteiger partial charge in [0, 0.05) is 11.9 Å². The fourth-order valence-electron chi connectivity index (χ4n) is 1.19. The van der Waals surface area contributed by atoms with Crippen molar-refractivity contribution >= 4 is 18.0 Å². The maximum Gasteiger partial charge on any atom is 0.334 e. The molecule has 0 saturated carbocycles. The molecule has 0 amide bonds. The summed E-state index contributed by atoms with van der Waals surface area (Å²) in [5, 5.41) is 8.67. The molecular formula is C11H13NO4. The first-order chi connectivity index (χ1) is 7.63. The van der Waals surface area contributed by atoms with Crippen molar-refractivity contribution in [3.8, 4) is 0 Å². The number of aliphatic carboxylic acids is 1. The molecule has 1 rings (SSSR count). The molecule has 5 nitrogen and oxygen atoms in total. The van der Waals surface area contributed by atoms with Crippen molar-refractivity contribution in [3.63, 3.8) is 0 Å². The second-order valence-corrected chi connectivity index (χ2v) is 3.09. The third-order valence-corrected chi connectivity index (χ3v) is 1.83. The first kappa shape index (κ1) is 12.0. The van der Waals surface area contributed by atoms with Gasteiger partial charge >= 0.3 is 11.9 Å². The number of hydrogen-bond donors (Lipinski definition) is 2. The normalized spacial score (nSPS) is 11.2. The SMILES string of the molecule is CCOC(=O)/C(=C\c1ccc[nH]1)CC(=O)O. The van der Waals surface area contributed by atoms with Crippen LogP contribution in [0, 0.1) is 0 Å². The van der Waals surface area contributed by atoms with Crippen molar-refractivity contribution in [2.75, 3.05) is 6.61 Å². The van der Waals surface area contributed by atoms with Gasteiger partial charge in [-0.2, -0.15) is 0 Å². The zero-order chi connectivity index (χ0) is 12.0. The summed E-state index contributed by atoms with van der Waals surface area (Å²) in [5.41, 5.74) is 0.793. The van der Waals surface area contributed by atoms with Crippen LogP contribution < -0.4 is 0 Å². The second-order valence-electron chi connectivity index (χ2n) is 3.09. The average Bonchev–Trinajstić information content (AvgIpc) is 2.69. The number of H-pyrrole nitrogens is 1.